The van der Waals surface area contributed by atoms with Crippen LogP contribution in [0.25, 0.3) is 0 Å². The molecule has 1 saturated heterocycles. The van der Waals surface area contributed by atoms with Crippen LogP contribution < -0.4 is 0 Å². The molecule has 0 aliphatic carbocycles. The summed E-state index contributed by atoms with van der Waals surface area (Å²) in [7, 11) is 0. The maximum atomic E-state index is 13.1. The fraction of sp³-hybridized carbons (Fsp3) is 0.582. The van der Waals surface area contributed by atoms with Crippen LogP contribution in [0.15, 0.2) is 146 Å². The number of carboxylic acid groups (broad SMARTS) is 1. The Morgan fingerprint density at radius 1 is 0.430 bits per heavy atom. The largest absolute Gasteiger partial charge is 0.479 e. The minimum absolute atomic E-state index is 0.0647. The quantitative estimate of drug-likeness (QED) is 0.0228. The van der Waals surface area contributed by atoms with Crippen molar-refractivity contribution in [1.82, 2.24) is 0 Å². The molecule has 442 valence electrons. The van der Waals surface area contributed by atoms with Gasteiger partial charge >= 0.3 is 23.9 Å². The number of carboxylic acids is 1. The van der Waals surface area contributed by atoms with E-state index in [1.807, 2.05) is 30.4 Å². The van der Waals surface area contributed by atoms with Crippen LogP contribution in [0.1, 0.15) is 201 Å². The van der Waals surface area contributed by atoms with E-state index >= 15 is 0 Å². The third-order valence-electron chi connectivity index (χ3n) is 12.4. The predicted molar refractivity (Wildman–Crippen MR) is 321 cm³/mol. The van der Waals surface area contributed by atoms with Gasteiger partial charge in [-0.3, -0.25) is 14.4 Å². The van der Waals surface area contributed by atoms with Crippen LogP contribution in [0, 0.1) is 0 Å². The number of aliphatic hydroxyl groups is 2. The number of rotatable bonds is 48. The standard InChI is InChI=1S/C67H102O12/c1-4-7-10-13-16-19-22-25-27-29-30-32-33-36-38-41-44-47-50-53-59(68)75-56-58(77-60(69)54-51-48-45-42-40-37-34-31-28-26-23-20-17-14-11-8-5-2)57-76-67-65(63(72)62(71)64(79-67)66(73)74)78-61(70)55-52-49-46-43-39-35-24-21-18-15-12-9-6-3/h8-9,11-12,16-21,25-28,30,32,34-35,37,39,42,45-46,49,58,62-65,67,71-72H,4-7,10,13-15,22-24,29,31,33,36,38,40-41,43-44,47-48,50-57H2,1-3H3,(H,73,74)/b11-8-,12-9-,19-16-,20-17-,21-18-,27-25-,28-26-,32-30-,37-34-,39-35-,45-42-,49-46-. The van der Waals surface area contributed by atoms with Gasteiger partial charge in [0.2, 0.25) is 0 Å². The van der Waals surface area contributed by atoms with E-state index in [4.69, 9.17) is 23.7 Å². The van der Waals surface area contributed by atoms with Gasteiger partial charge in [0.15, 0.2) is 24.6 Å². The van der Waals surface area contributed by atoms with Crippen molar-refractivity contribution >= 4 is 23.9 Å². The van der Waals surface area contributed by atoms with Gasteiger partial charge in [0.1, 0.15) is 18.8 Å². The smallest absolute Gasteiger partial charge is 0.335 e. The summed E-state index contributed by atoms with van der Waals surface area (Å²) in [6, 6.07) is 0. The predicted octanol–water partition coefficient (Wildman–Crippen LogP) is 15.6. The fourth-order valence-electron chi connectivity index (χ4n) is 7.89. The van der Waals surface area contributed by atoms with Gasteiger partial charge in [-0.25, -0.2) is 4.79 Å². The average Bonchev–Trinajstić information content (AvgIpc) is 3.46. The summed E-state index contributed by atoms with van der Waals surface area (Å²) in [5.74, 6) is -3.35. The van der Waals surface area contributed by atoms with Crippen LogP contribution >= 0.6 is 0 Å². The number of esters is 3. The van der Waals surface area contributed by atoms with Crippen LogP contribution in [0.4, 0.5) is 0 Å². The van der Waals surface area contributed by atoms with Crippen LogP contribution in [0.3, 0.4) is 0 Å². The normalized spacial score (nSPS) is 18.9. The second kappa shape index (κ2) is 53.3. The van der Waals surface area contributed by atoms with Gasteiger partial charge in [0, 0.05) is 19.3 Å². The fourth-order valence-corrected chi connectivity index (χ4v) is 7.89. The number of unbranched alkanes of at least 4 members (excludes halogenated alkanes) is 10. The topological polar surface area (TPSA) is 175 Å². The molecule has 12 nitrogen and oxygen atoms in total. The number of hydrogen-bond donors (Lipinski definition) is 3. The highest BCUT2D eigenvalue weighted by atomic mass is 16.7. The van der Waals surface area contributed by atoms with E-state index in [9.17, 15) is 34.5 Å². The van der Waals surface area contributed by atoms with Gasteiger partial charge in [-0.15, -0.1) is 0 Å². The second-order valence-corrected chi connectivity index (χ2v) is 19.5. The molecule has 3 N–H and O–H groups in total. The molecular formula is C67H102O12. The van der Waals surface area contributed by atoms with Crippen molar-refractivity contribution in [3.63, 3.8) is 0 Å². The molecule has 1 fully saturated rings. The number of allylic oxidation sites excluding steroid dienone is 24. The lowest BCUT2D eigenvalue weighted by atomic mass is 9.98. The number of carbonyl (C=O) groups excluding carboxylic acids is 3. The summed E-state index contributed by atoms with van der Waals surface area (Å²) in [4.78, 5) is 51.1. The zero-order chi connectivity index (χ0) is 57.5. The third kappa shape index (κ3) is 43.1. The maximum Gasteiger partial charge on any atom is 0.335 e. The van der Waals surface area contributed by atoms with Crippen LogP contribution in [-0.4, -0.2) is 89.2 Å². The van der Waals surface area contributed by atoms with E-state index in [1.165, 1.54) is 25.7 Å². The minimum atomic E-state index is -1.94. The molecule has 0 saturated carbocycles. The molecule has 79 heavy (non-hydrogen) atoms. The first-order chi connectivity index (χ1) is 38.6. The van der Waals surface area contributed by atoms with Gasteiger partial charge in [-0.2, -0.15) is 0 Å². The molecule has 0 aromatic rings. The van der Waals surface area contributed by atoms with E-state index in [0.29, 0.717) is 32.1 Å². The highest BCUT2D eigenvalue weighted by Gasteiger charge is 2.50. The van der Waals surface area contributed by atoms with Crippen molar-refractivity contribution in [2.75, 3.05) is 13.2 Å². The van der Waals surface area contributed by atoms with E-state index < -0.39 is 67.3 Å². The van der Waals surface area contributed by atoms with Gasteiger partial charge in [-0.1, -0.05) is 205 Å². The zero-order valence-electron chi connectivity index (χ0n) is 48.5. The summed E-state index contributed by atoms with van der Waals surface area (Å²) in [6.45, 7) is 5.62. The van der Waals surface area contributed by atoms with E-state index in [-0.39, 0.29) is 25.9 Å². The average molecular weight is 1100 g/mol. The molecule has 12 heteroatoms. The van der Waals surface area contributed by atoms with Crippen LogP contribution in [0.5, 0.6) is 0 Å². The molecule has 0 radical (unpaired) electrons. The molecule has 0 aromatic heterocycles. The Hall–Kier alpha value is -5.40. The first kappa shape index (κ1) is 71.6. The lowest BCUT2D eigenvalue weighted by Crippen LogP contribution is -2.61. The van der Waals surface area contributed by atoms with Crippen molar-refractivity contribution in [2.24, 2.45) is 0 Å². The number of aliphatic carboxylic acids is 1. The molecule has 6 unspecified atom stereocenters. The summed E-state index contributed by atoms with van der Waals surface area (Å²) < 4.78 is 28.3. The molecule has 0 bridgehead atoms. The van der Waals surface area contributed by atoms with Gasteiger partial charge < -0.3 is 39.0 Å². The van der Waals surface area contributed by atoms with Gasteiger partial charge in [-0.05, 0) is 122 Å². The van der Waals surface area contributed by atoms with E-state index in [0.717, 1.165) is 103 Å². The third-order valence-corrected chi connectivity index (χ3v) is 12.4. The molecule has 0 amide bonds. The van der Waals surface area contributed by atoms with Crippen molar-refractivity contribution in [3.8, 4) is 0 Å². The highest BCUT2D eigenvalue weighted by Crippen LogP contribution is 2.26. The number of aliphatic hydroxyl groups excluding tert-OH is 2. The summed E-state index contributed by atoms with van der Waals surface area (Å²) in [6.07, 6.45) is 64.1. The Balaban J connectivity index is 2.77. The Labute approximate surface area is 476 Å². The molecule has 1 aliphatic heterocycles. The van der Waals surface area contributed by atoms with Crippen LogP contribution in [-0.2, 0) is 42.9 Å². The summed E-state index contributed by atoms with van der Waals surface area (Å²) in [5, 5.41) is 31.4. The highest BCUT2D eigenvalue weighted by molar-refractivity contribution is 5.74. The van der Waals surface area contributed by atoms with Crippen molar-refractivity contribution in [3.05, 3.63) is 146 Å². The Kier molecular flexibility index (Phi) is 48.3. The number of carbonyl (C=O) groups is 4. The van der Waals surface area contributed by atoms with E-state index in [1.54, 1.807) is 0 Å². The van der Waals surface area contributed by atoms with Crippen molar-refractivity contribution in [2.45, 2.75) is 237 Å². The molecule has 1 heterocycles. The first-order valence-electron chi connectivity index (χ1n) is 29.8. The minimum Gasteiger partial charge on any atom is -0.479 e. The number of ether oxygens (including phenoxy) is 5. The SMILES string of the molecule is CC/C=C\C/C=C\C/C=C\C/C=C\C/C=C\CCCC(=O)OC(COC(=O)CCCCCCCC/C=C\C/C=C\C/C=C\CCCCC)COC1OC(C(=O)O)C(O)C(O)C1OC(=O)CC/C=C\C/C=C\C/C=C\C/C=C\CC. The summed E-state index contributed by atoms with van der Waals surface area (Å²) >= 11 is 0. The Morgan fingerprint density at radius 3 is 1.30 bits per heavy atom. The molecule has 1 aliphatic rings. The van der Waals surface area contributed by atoms with Gasteiger partial charge in [0.25, 0.3) is 0 Å². The first-order valence-corrected chi connectivity index (χ1v) is 29.8. The lowest BCUT2D eigenvalue weighted by molar-refractivity contribution is -0.301. The molecule has 0 spiro atoms. The lowest BCUT2D eigenvalue weighted by Gasteiger charge is -2.40. The molecule has 0 aromatic carbocycles. The molecule has 6 atom stereocenters. The van der Waals surface area contributed by atoms with Crippen molar-refractivity contribution in [1.29, 1.82) is 0 Å². The second-order valence-electron chi connectivity index (χ2n) is 19.5. The Bertz CT molecular complexity index is 1930. The Morgan fingerprint density at radius 2 is 0.835 bits per heavy atom. The molecular weight excluding hydrogens is 997 g/mol. The van der Waals surface area contributed by atoms with E-state index in [2.05, 4.69) is 136 Å². The summed E-state index contributed by atoms with van der Waals surface area (Å²) in [5.41, 5.74) is 0. The van der Waals surface area contributed by atoms with Crippen molar-refractivity contribution < 1.29 is 58.2 Å². The van der Waals surface area contributed by atoms with Crippen LogP contribution in [0.2, 0.25) is 0 Å². The monoisotopic (exact) mass is 1100 g/mol. The maximum absolute atomic E-state index is 13.1. The number of hydrogen-bond acceptors (Lipinski definition) is 11. The van der Waals surface area contributed by atoms with Gasteiger partial charge in [0.05, 0.1) is 6.61 Å². The zero-order valence-corrected chi connectivity index (χ0v) is 48.5. The molecule has 1 rings (SSSR count).